The first-order chi connectivity index (χ1) is 9.69. The van der Waals surface area contributed by atoms with Crippen molar-refractivity contribution < 1.29 is 9.18 Å². The number of carbonyl (C=O) groups excluding carboxylic acids is 1. The molecule has 0 unspecified atom stereocenters. The van der Waals surface area contributed by atoms with Gasteiger partial charge in [-0.3, -0.25) is 10.2 Å². The monoisotopic (exact) mass is 279 g/mol. The summed E-state index contributed by atoms with van der Waals surface area (Å²) in [5, 5.41) is 0. The highest BCUT2D eigenvalue weighted by Crippen LogP contribution is 2.28. The molecule has 1 aliphatic rings. The molecule has 3 N–H and O–H groups in total. The van der Waals surface area contributed by atoms with Crippen molar-refractivity contribution in [3.63, 3.8) is 0 Å². The van der Waals surface area contributed by atoms with Crippen LogP contribution in [0.4, 0.5) is 4.39 Å². The third-order valence-corrected chi connectivity index (χ3v) is 3.97. The van der Waals surface area contributed by atoms with Crippen LogP contribution in [-0.4, -0.2) is 30.4 Å². The van der Waals surface area contributed by atoms with Crippen LogP contribution >= 0.6 is 0 Å². The number of benzene rings is 1. The molecule has 0 spiro atoms. The molecule has 0 bridgehead atoms. The van der Waals surface area contributed by atoms with Crippen molar-refractivity contribution in [2.24, 2.45) is 5.84 Å². The number of hydrogen-bond donors (Lipinski definition) is 2. The van der Waals surface area contributed by atoms with Crippen LogP contribution in [0.1, 0.15) is 37.2 Å². The van der Waals surface area contributed by atoms with E-state index in [1.54, 1.807) is 0 Å². The Hall–Kier alpha value is -1.46. The molecule has 0 aliphatic carbocycles. The fourth-order valence-corrected chi connectivity index (χ4v) is 2.76. The minimum Gasteiger partial charge on any atom is -0.303 e. The predicted molar refractivity (Wildman–Crippen MR) is 76.4 cm³/mol. The van der Waals surface area contributed by atoms with Crippen LogP contribution in [0.5, 0.6) is 0 Å². The lowest BCUT2D eigenvalue weighted by Crippen LogP contribution is -2.35. The van der Waals surface area contributed by atoms with E-state index in [1.165, 1.54) is 17.7 Å². The first kappa shape index (κ1) is 14.9. The van der Waals surface area contributed by atoms with Gasteiger partial charge in [0.25, 0.3) is 0 Å². The number of nitrogens with one attached hydrogen (secondary N) is 1. The molecule has 0 atom stereocenters. The molecule has 1 amide bonds. The molecule has 110 valence electrons. The van der Waals surface area contributed by atoms with Crippen molar-refractivity contribution in [3.8, 4) is 0 Å². The Kier molecular flexibility index (Phi) is 5.49. The van der Waals surface area contributed by atoms with Crippen LogP contribution in [0.15, 0.2) is 24.3 Å². The largest absolute Gasteiger partial charge is 0.303 e. The lowest BCUT2D eigenvalue weighted by molar-refractivity contribution is -0.121. The molecule has 1 saturated heterocycles. The van der Waals surface area contributed by atoms with E-state index in [2.05, 4.69) is 10.3 Å². The SMILES string of the molecule is NNC(=O)CCCN1CCC(c2ccc(F)cc2)CC1. The normalized spacial score (nSPS) is 17.1. The van der Waals surface area contributed by atoms with Crippen LogP contribution in [-0.2, 0) is 4.79 Å². The number of nitrogens with zero attached hydrogens (tertiary/aromatic N) is 1. The molecule has 0 saturated carbocycles. The van der Waals surface area contributed by atoms with E-state index in [-0.39, 0.29) is 11.7 Å². The van der Waals surface area contributed by atoms with Gasteiger partial charge in [0.05, 0.1) is 0 Å². The lowest BCUT2D eigenvalue weighted by atomic mass is 9.89. The molecule has 1 fully saturated rings. The number of halogens is 1. The van der Waals surface area contributed by atoms with Crippen LogP contribution in [0, 0.1) is 5.82 Å². The number of piperidine rings is 1. The second-order valence-corrected chi connectivity index (χ2v) is 5.34. The molecule has 20 heavy (non-hydrogen) atoms. The number of hydrazine groups is 1. The van der Waals surface area contributed by atoms with Crippen LogP contribution in [0.2, 0.25) is 0 Å². The van der Waals surface area contributed by atoms with Gasteiger partial charge in [-0.1, -0.05) is 12.1 Å². The van der Waals surface area contributed by atoms with Crippen molar-refractivity contribution in [3.05, 3.63) is 35.6 Å². The zero-order valence-electron chi connectivity index (χ0n) is 11.6. The molecule has 1 aromatic rings. The number of nitrogens with two attached hydrogens (primary N) is 1. The minimum atomic E-state index is -0.177. The van der Waals surface area contributed by atoms with Gasteiger partial charge in [-0.15, -0.1) is 0 Å². The van der Waals surface area contributed by atoms with E-state index >= 15 is 0 Å². The maximum Gasteiger partial charge on any atom is 0.233 e. The van der Waals surface area contributed by atoms with Crippen molar-refractivity contribution in [1.29, 1.82) is 0 Å². The minimum absolute atomic E-state index is 0.105. The van der Waals surface area contributed by atoms with Crippen LogP contribution < -0.4 is 11.3 Å². The molecule has 1 heterocycles. The number of rotatable bonds is 5. The van der Waals surface area contributed by atoms with Gasteiger partial charge in [0.15, 0.2) is 0 Å². The second kappa shape index (κ2) is 7.36. The molecule has 2 rings (SSSR count). The van der Waals surface area contributed by atoms with Crippen LogP contribution in [0.25, 0.3) is 0 Å². The van der Waals surface area contributed by atoms with Crippen LogP contribution in [0.3, 0.4) is 0 Å². The highest BCUT2D eigenvalue weighted by Gasteiger charge is 2.20. The first-order valence-electron chi connectivity index (χ1n) is 7.16. The quantitative estimate of drug-likeness (QED) is 0.491. The van der Waals surface area contributed by atoms with E-state index in [4.69, 9.17) is 5.84 Å². The summed E-state index contributed by atoms with van der Waals surface area (Å²) in [6.45, 7) is 3.00. The van der Waals surface area contributed by atoms with Gasteiger partial charge in [-0.25, -0.2) is 10.2 Å². The average Bonchev–Trinajstić information content (AvgIpc) is 2.48. The summed E-state index contributed by atoms with van der Waals surface area (Å²) in [5.74, 6) is 5.29. The molecular formula is C15H22FN3O. The maximum atomic E-state index is 12.9. The standard InChI is InChI=1S/C15H22FN3O/c16-14-5-3-12(4-6-14)13-7-10-19(11-8-13)9-1-2-15(20)18-17/h3-6,13H,1-2,7-11,17H2,(H,18,20). The number of likely N-dealkylation sites (tertiary alicyclic amines) is 1. The topological polar surface area (TPSA) is 58.4 Å². The summed E-state index contributed by atoms with van der Waals surface area (Å²) in [4.78, 5) is 13.4. The summed E-state index contributed by atoms with van der Waals surface area (Å²) in [5.41, 5.74) is 3.38. The fraction of sp³-hybridized carbons (Fsp3) is 0.533. The number of hydrogen-bond acceptors (Lipinski definition) is 3. The van der Waals surface area contributed by atoms with Crippen molar-refractivity contribution >= 4 is 5.91 Å². The molecule has 1 aromatic carbocycles. The van der Waals surface area contributed by atoms with Gasteiger partial charge < -0.3 is 4.90 Å². The zero-order valence-corrected chi connectivity index (χ0v) is 11.6. The number of carbonyl (C=O) groups is 1. The van der Waals surface area contributed by atoms with E-state index in [0.29, 0.717) is 12.3 Å². The van der Waals surface area contributed by atoms with Gasteiger partial charge in [-0.05, 0) is 62.5 Å². The highest BCUT2D eigenvalue weighted by atomic mass is 19.1. The molecule has 0 radical (unpaired) electrons. The maximum absolute atomic E-state index is 12.9. The summed E-state index contributed by atoms with van der Waals surface area (Å²) in [6, 6.07) is 6.85. The molecule has 5 heteroatoms. The Morgan fingerprint density at radius 1 is 1.30 bits per heavy atom. The van der Waals surface area contributed by atoms with Gasteiger partial charge in [0.1, 0.15) is 5.82 Å². The lowest BCUT2D eigenvalue weighted by Gasteiger charge is -2.32. The van der Waals surface area contributed by atoms with Gasteiger partial charge in [0.2, 0.25) is 5.91 Å². The molecular weight excluding hydrogens is 257 g/mol. The Bertz CT molecular complexity index is 427. The summed E-state index contributed by atoms with van der Waals surface area (Å²) < 4.78 is 12.9. The summed E-state index contributed by atoms with van der Waals surface area (Å²) in [6.07, 6.45) is 3.50. The van der Waals surface area contributed by atoms with Crippen molar-refractivity contribution in [2.75, 3.05) is 19.6 Å². The Labute approximate surface area is 119 Å². The second-order valence-electron chi connectivity index (χ2n) is 5.34. The molecule has 0 aromatic heterocycles. The smallest absolute Gasteiger partial charge is 0.233 e. The summed E-state index contributed by atoms with van der Waals surface area (Å²) >= 11 is 0. The third kappa shape index (κ3) is 4.28. The number of amides is 1. The molecule has 1 aliphatic heterocycles. The summed E-state index contributed by atoms with van der Waals surface area (Å²) in [7, 11) is 0. The van der Waals surface area contributed by atoms with Crippen molar-refractivity contribution in [2.45, 2.75) is 31.6 Å². The fourth-order valence-electron chi connectivity index (χ4n) is 2.76. The van der Waals surface area contributed by atoms with E-state index in [1.807, 2.05) is 12.1 Å². The van der Waals surface area contributed by atoms with E-state index in [0.717, 1.165) is 38.9 Å². The molecule has 4 nitrogen and oxygen atoms in total. The average molecular weight is 279 g/mol. The van der Waals surface area contributed by atoms with Gasteiger partial charge in [-0.2, -0.15) is 0 Å². The van der Waals surface area contributed by atoms with Gasteiger partial charge in [0, 0.05) is 6.42 Å². The third-order valence-electron chi connectivity index (χ3n) is 3.97. The Balaban J connectivity index is 1.72. The predicted octanol–water partition coefficient (Wildman–Crippen LogP) is 1.78. The van der Waals surface area contributed by atoms with E-state index in [9.17, 15) is 9.18 Å². The Morgan fingerprint density at radius 2 is 1.95 bits per heavy atom. The first-order valence-corrected chi connectivity index (χ1v) is 7.16. The van der Waals surface area contributed by atoms with Gasteiger partial charge >= 0.3 is 0 Å². The highest BCUT2D eigenvalue weighted by molar-refractivity contribution is 5.75. The van der Waals surface area contributed by atoms with E-state index < -0.39 is 0 Å². The zero-order chi connectivity index (χ0) is 14.4. The Morgan fingerprint density at radius 3 is 2.55 bits per heavy atom. The van der Waals surface area contributed by atoms with Crippen molar-refractivity contribution in [1.82, 2.24) is 10.3 Å².